The largest absolute Gasteiger partial charge is 0.381 e. The number of nitrogens with zero attached hydrogens (tertiary/aromatic N) is 3. The van der Waals surface area contributed by atoms with E-state index in [4.69, 9.17) is 11.6 Å². The molecule has 0 saturated heterocycles. The minimum atomic E-state index is -0.215. The van der Waals surface area contributed by atoms with E-state index < -0.39 is 0 Å². The lowest BCUT2D eigenvalue weighted by atomic mass is 10.3. The number of aromatic nitrogens is 2. The summed E-state index contributed by atoms with van der Waals surface area (Å²) in [5.41, 5.74) is 0.407. The van der Waals surface area contributed by atoms with Crippen LogP contribution < -0.4 is 10.9 Å². The Hall–Kier alpha value is -1.07. The highest BCUT2D eigenvalue weighted by molar-refractivity contribution is 6.32. The van der Waals surface area contributed by atoms with Gasteiger partial charge in [0, 0.05) is 19.6 Å². The Labute approximate surface area is 125 Å². The summed E-state index contributed by atoms with van der Waals surface area (Å²) in [6, 6.07) is 0. The highest BCUT2D eigenvalue weighted by Gasteiger charge is 2.09. The van der Waals surface area contributed by atoms with Gasteiger partial charge in [0.1, 0.15) is 5.02 Å². The van der Waals surface area contributed by atoms with Gasteiger partial charge in [0.2, 0.25) is 0 Å². The first-order valence-corrected chi connectivity index (χ1v) is 7.73. The number of unbranched alkanes of at least 4 members (excludes halogenated alkanes) is 1. The van der Waals surface area contributed by atoms with Gasteiger partial charge in [-0.2, -0.15) is 5.10 Å². The molecule has 0 atom stereocenters. The molecule has 0 bridgehead atoms. The first kappa shape index (κ1) is 17.0. The third-order valence-corrected chi connectivity index (χ3v) is 3.71. The van der Waals surface area contributed by atoms with Crippen molar-refractivity contribution in [2.75, 3.05) is 31.5 Å². The van der Waals surface area contributed by atoms with Crippen molar-refractivity contribution in [3.05, 3.63) is 21.6 Å². The summed E-state index contributed by atoms with van der Waals surface area (Å²) < 4.78 is 1.43. The molecule has 0 aliphatic carbocycles. The van der Waals surface area contributed by atoms with Gasteiger partial charge in [-0.1, -0.05) is 38.8 Å². The van der Waals surface area contributed by atoms with Crippen LogP contribution in [0.15, 0.2) is 11.0 Å². The van der Waals surface area contributed by atoms with E-state index in [2.05, 4.69) is 36.1 Å². The molecule has 0 spiro atoms. The van der Waals surface area contributed by atoms with Crippen LogP contribution in [0, 0.1) is 0 Å². The van der Waals surface area contributed by atoms with Gasteiger partial charge in [-0.3, -0.25) is 4.79 Å². The molecule has 1 aromatic heterocycles. The summed E-state index contributed by atoms with van der Waals surface area (Å²) >= 11 is 6.11. The fourth-order valence-corrected chi connectivity index (χ4v) is 2.16. The lowest BCUT2D eigenvalue weighted by Crippen LogP contribution is -2.29. The molecular formula is C14H25ClN4O. The van der Waals surface area contributed by atoms with Crippen molar-refractivity contribution < 1.29 is 0 Å². The molecule has 0 amide bonds. The summed E-state index contributed by atoms with van der Waals surface area (Å²) in [6.07, 6.45) is 3.59. The summed E-state index contributed by atoms with van der Waals surface area (Å²) in [6.45, 7) is 10.7. The van der Waals surface area contributed by atoms with E-state index in [0.29, 0.717) is 12.2 Å². The predicted octanol–water partition coefficient (Wildman–Crippen LogP) is 2.45. The van der Waals surface area contributed by atoms with Gasteiger partial charge in [0.15, 0.2) is 0 Å². The van der Waals surface area contributed by atoms with Crippen LogP contribution in [0.5, 0.6) is 0 Å². The average Bonchev–Trinajstić information content (AvgIpc) is 2.47. The van der Waals surface area contributed by atoms with Crippen molar-refractivity contribution >= 4 is 17.3 Å². The predicted molar refractivity (Wildman–Crippen MR) is 84.7 cm³/mol. The van der Waals surface area contributed by atoms with Gasteiger partial charge < -0.3 is 10.2 Å². The smallest absolute Gasteiger partial charge is 0.287 e. The maximum Gasteiger partial charge on any atom is 0.287 e. The van der Waals surface area contributed by atoms with Crippen LogP contribution in [0.4, 0.5) is 5.69 Å². The van der Waals surface area contributed by atoms with Crippen molar-refractivity contribution in [1.82, 2.24) is 14.7 Å². The van der Waals surface area contributed by atoms with E-state index in [0.717, 1.165) is 39.0 Å². The molecule has 0 saturated carbocycles. The van der Waals surface area contributed by atoms with Gasteiger partial charge in [0.25, 0.3) is 5.56 Å². The second kappa shape index (κ2) is 8.97. The first-order valence-electron chi connectivity index (χ1n) is 7.35. The minimum absolute atomic E-state index is 0.215. The zero-order valence-corrected chi connectivity index (χ0v) is 13.4. The lowest BCUT2D eigenvalue weighted by Gasteiger charge is -2.18. The second-order valence-corrected chi connectivity index (χ2v) is 5.09. The molecule has 1 heterocycles. The van der Waals surface area contributed by atoms with Gasteiger partial charge in [-0.05, 0) is 19.5 Å². The summed E-state index contributed by atoms with van der Waals surface area (Å²) in [5, 5.41) is 7.58. The Morgan fingerprint density at radius 2 is 2.05 bits per heavy atom. The van der Waals surface area contributed by atoms with Crippen LogP contribution in [0.1, 0.15) is 33.6 Å². The Bertz CT molecular complexity index is 457. The third-order valence-electron chi connectivity index (χ3n) is 3.35. The maximum atomic E-state index is 12.0. The monoisotopic (exact) mass is 300 g/mol. The Morgan fingerprint density at radius 1 is 1.35 bits per heavy atom. The minimum Gasteiger partial charge on any atom is -0.381 e. The highest BCUT2D eigenvalue weighted by Crippen LogP contribution is 2.14. The van der Waals surface area contributed by atoms with Crippen LogP contribution >= 0.6 is 11.6 Å². The van der Waals surface area contributed by atoms with Crippen molar-refractivity contribution in [3.8, 4) is 0 Å². The van der Waals surface area contributed by atoms with Crippen LogP contribution in [0.2, 0.25) is 5.02 Å². The normalized spacial score (nSPS) is 11.1. The topological polar surface area (TPSA) is 50.2 Å². The molecule has 0 unspecified atom stereocenters. The van der Waals surface area contributed by atoms with E-state index in [-0.39, 0.29) is 10.6 Å². The number of rotatable bonds is 9. The van der Waals surface area contributed by atoms with Crippen LogP contribution in [-0.2, 0) is 6.54 Å². The number of hydrogen-bond acceptors (Lipinski definition) is 4. The first-order chi connectivity index (χ1) is 9.63. The van der Waals surface area contributed by atoms with Gasteiger partial charge in [-0.15, -0.1) is 0 Å². The molecule has 1 rings (SSSR count). The highest BCUT2D eigenvalue weighted by atomic mass is 35.5. The molecule has 0 aromatic carbocycles. The number of hydrogen-bond donors (Lipinski definition) is 1. The zero-order chi connectivity index (χ0) is 15.0. The number of likely N-dealkylation sites (N-methyl/N-ethyl adjacent to an activating group) is 1. The van der Waals surface area contributed by atoms with E-state index in [1.807, 2.05) is 0 Å². The summed E-state index contributed by atoms with van der Waals surface area (Å²) in [5.74, 6) is 0. The van der Waals surface area contributed by atoms with Gasteiger partial charge in [0.05, 0.1) is 11.9 Å². The van der Waals surface area contributed by atoms with Crippen molar-refractivity contribution in [1.29, 1.82) is 0 Å². The Kier molecular flexibility index (Phi) is 7.62. The number of aryl methyl sites for hydroxylation is 1. The number of anilines is 1. The molecular weight excluding hydrogens is 276 g/mol. The van der Waals surface area contributed by atoms with Crippen LogP contribution in [0.25, 0.3) is 0 Å². The summed E-state index contributed by atoms with van der Waals surface area (Å²) in [7, 11) is 0. The molecule has 0 aliphatic heterocycles. The van der Waals surface area contributed by atoms with E-state index in [9.17, 15) is 4.79 Å². The average molecular weight is 301 g/mol. The fraction of sp³-hybridized carbons (Fsp3) is 0.714. The van der Waals surface area contributed by atoms with Crippen molar-refractivity contribution in [2.24, 2.45) is 0 Å². The van der Waals surface area contributed by atoms with Crippen LogP contribution in [-0.4, -0.2) is 40.9 Å². The van der Waals surface area contributed by atoms with Gasteiger partial charge >= 0.3 is 0 Å². The van der Waals surface area contributed by atoms with Crippen molar-refractivity contribution in [2.45, 2.75) is 40.2 Å². The van der Waals surface area contributed by atoms with E-state index in [1.54, 1.807) is 6.20 Å². The quantitative estimate of drug-likeness (QED) is 0.761. The zero-order valence-electron chi connectivity index (χ0n) is 12.7. The Balaban J connectivity index is 2.63. The lowest BCUT2D eigenvalue weighted by molar-refractivity contribution is 0.316. The molecule has 0 aliphatic rings. The Morgan fingerprint density at radius 3 is 2.65 bits per heavy atom. The molecule has 5 nitrogen and oxygen atoms in total. The molecule has 114 valence electrons. The molecule has 0 radical (unpaired) electrons. The number of halogens is 1. The van der Waals surface area contributed by atoms with Gasteiger partial charge in [-0.25, -0.2) is 4.68 Å². The summed E-state index contributed by atoms with van der Waals surface area (Å²) in [4.78, 5) is 14.3. The molecule has 1 N–H and O–H groups in total. The number of nitrogens with one attached hydrogen (secondary N) is 1. The van der Waals surface area contributed by atoms with E-state index >= 15 is 0 Å². The fourth-order valence-electron chi connectivity index (χ4n) is 1.94. The van der Waals surface area contributed by atoms with Crippen LogP contribution in [0.3, 0.4) is 0 Å². The molecule has 20 heavy (non-hydrogen) atoms. The second-order valence-electron chi connectivity index (χ2n) is 4.71. The molecule has 0 fully saturated rings. The molecule has 1 aromatic rings. The SMILES string of the molecule is CCCCn1ncc(NCCN(CC)CC)c(Cl)c1=O. The molecule has 6 heteroatoms. The standard InChI is InChI=1S/C14H25ClN4O/c1-4-7-9-19-14(20)13(15)12(11-17-19)16-8-10-18(5-2)6-3/h11,16H,4-10H2,1-3H3. The maximum absolute atomic E-state index is 12.0. The van der Waals surface area contributed by atoms with Crippen molar-refractivity contribution in [3.63, 3.8) is 0 Å². The third kappa shape index (κ3) is 4.80. The van der Waals surface area contributed by atoms with E-state index in [1.165, 1.54) is 4.68 Å².